The Balaban J connectivity index is 1.27. The Bertz CT molecular complexity index is 1500. The molecule has 0 aliphatic heterocycles. The molecular formula is C25H19F3N2O3S2. The summed E-state index contributed by atoms with van der Waals surface area (Å²) in [6.45, 7) is 0. The first-order chi connectivity index (χ1) is 16.6. The average Bonchev–Trinajstić information content (AvgIpc) is 3.47. The van der Waals surface area contributed by atoms with E-state index < -0.39 is 21.6 Å². The lowest BCUT2D eigenvalue weighted by Crippen LogP contribution is -2.09. The summed E-state index contributed by atoms with van der Waals surface area (Å²) in [5.74, 6) is -0.457. The highest BCUT2D eigenvalue weighted by Gasteiger charge is 2.43. The highest BCUT2D eigenvalue weighted by molar-refractivity contribution is 7.90. The zero-order valence-corrected chi connectivity index (χ0v) is 19.8. The highest BCUT2D eigenvalue weighted by Crippen LogP contribution is 2.48. The smallest absolute Gasteiger partial charge is 0.299 e. The van der Waals surface area contributed by atoms with E-state index >= 15 is 0 Å². The molecule has 2 atom stereocenters. The number of nitrogens with zero attached hydrogens (tertiary/aromatic N) is 2. The van der Waals surface area contributed by atoms with Crippen LogP contribution in [-0.2, 0) is 33.0 Å². The summed E-state index contributed by atoms with van der Waals surface area (Å²) in [5, 5.41) is 2.64. The molecular weight excluding hydrogens is 497 g/mol. The molecule has 0 radical (unpaired) electrons. The molecule has 0 amide bonds. The lowest BCUT2D eigenvalue weighted by Gasteiger charge is -2.11. The van der Waals surface area contributed by atoms with Crippen molar-refractivity contribution < 1.29 is 26.4 Å². The number of hydrogen-bond acceptors (Lipinski definition) is 6. The van der Waals surface area contributed by atoms with Crippen molar-refractivity contribution in [2.45, 2.75) is 35.6 Å². The Morgan fingerprint density at radius 1 is 1.09 bits per heavy atom. The molecule has 0 bridgehead atoms. The second-order valence-corrected chi connectivity index (χ2v) is 11.6. The van der Waals surface area contributed by atoms with Gasteiger partial charge in [0.25, 0.3) is 0 Å². The summed E-state index contributed by atoms with van der Waals surface area (Å²) < 4.78 is 65.2. The van der Waals surface area contributed by atoms with Crippen LogP contribution in [0.3, 0.4) is 0 Å². The molecule has 0 spiro atoms. The van der Waals surface area contributed by atoms with E-state index in [0.717, 1.165) is 11.8 Å². The molecule has 2 aromatic carbocycles. The van der Waals surface area contributed by atoms with Gasteiger partial charge in [-0.1, -0.05) is 24.3 Å². The maximum atomic E-state index is 13.3. The number of ketones is 1. The largest absolute Gasteiger partial charge is 0.418 e. The molecule has 1 aliphatic rings. The number of carbonyl (C=O) groups is 1. The van der Waals surface area contributed by atoms with Crippen LogP contribution in [0.5, 0.6) is 0 Å². The monoisotopic (exact) mass is 516 g/mol. The molecule has 10 heteroatoms. The summed E-state index contributed by atoms with van der Waals surface area (Å²) in [7, 11) is -3.51. The van der Waals surface area contributed by atoms with E-state index in [1.54, 1.807) is 48.0 Å². The molecule has 35 heavy (non-hydrogen) atoms. The Hall–Kier alpha value is -3.11. The van der Waals surface area contributed by atoms with Gasteiger partial charge in [0.05, 0.1) is 10.5 Å². The molecule has 180 valence electrons. The fourth-order valence-corrected chi connectivity index (χ4v) is 6.55. The Morgan fingerprint density at radius 2 is 1.86 bits per heavy atom. The van der Waals surface area contributed by atoms with Crippen molar-refractivity contribution >= 4 is 37.7 Å². The molecule has 0 saturated heterocycles. The molecule has 0 unspecified atom stereocenters. The SMILES string of the molecule is O=C(Cc1ccc2cncc(C(F)(F)F)c2c1)[C@@H]1C[C@H]1c1ccc(S(=O)(=O)Cc2nccs2)cc1. The van der Waals surface area contributed by atoms with E-state index in [0.29, 0.717) is 22.4 Å². The molecule has 2 heterocycles. The minimum Gasteiger partial charge on any atom is -0.299 e. The average molecular weight is 517 g/mol. The van der Waals surface area contributed by atoms with Gasteiger partial charge in [0.2, 0.25) is 0 Å². The number of thiazole rings is 1. The van der Waals surface area contributed by atoms with Crippen LogP contribution < -0.4 is 0 Å². The number of alkyl halides is 3. The molecule has 1 fully saturated rings. The quantitative estimate of drug-likeness (QED) is 0.320. The third-order valence-corrected chi connectivity index (χ3v) is 8.78. The number of Topliss-reactive ketones (excluding diaryl/α,β-unsaturated/α-hetero) is 1. The zero-order chi connectivity index (χ0) is 24.8. The fourth-order valence-electron chi connectivity index (χ4n) is 4.29. The molecule has 4 aromatic rings. The lowest BCUT2D eigenvalue weighted by molar-refractivity contribution is -0.136. The van der Waals surface area contributed by atoms with Crippen LogP contribution in [0.2, 0.25) is 0 Å². The number of pyridine rings is 1. The molecule has 1 aliphatic carbocycles. The van der Waals surface area contributed by atoms with Crippen LogP contribution in [0.25, 0.3) is 10.8 Å². The second kappa shape index (κ2) is 8.83. The van der Waals surface area contributed by atoms with Crippen LogP contribution in [0.15, 0.2) is 71.3 Å². The first-order valence-corrected chi connectivity index (χ1v) is 13.3. The van der Waals surface area contributed by atoms with Crippen molar-refractivity contribution in [3.63, 3.8) is 0 Å². The van der Waals surface area contributed by atoms with Crippen molar-refractivity contribution in [3.8, 4) is 0 Å². The van der Waals surface area contributed by atoms with Crippen LogP contribution in [0.1, 0.15) is 34.0 Å². The molecule has 5 rings (SSSR count). The van der Waals surface area contributed by atoms with Crippen molar-refractivity contribution in [1.82, 2.24) is 9.97 Å². The maximum absolute atomic E-state index is 13.3. The van der Waals surface area contributed by atoms with Crippen molar-refractivity contribution in [2.24, 2.45) is 5.92 Å². The Kier molecular flexibility index (Phi) is 5.96. The second-order valence-electron chi connectivity index (χ2n) is 8.59. The Labute approximate surface area is 203 Å². The van der Waals surface area contributed by atoms with Gasteiger partial charge in [-0.15, -0.1) is 11.3 Å². The van der Waals surface area contributed by atoms with E-state index in [-0.39, 0.29) is 40.1 Å². The number of sulfone groups is 1. The standard InChI is InChI=1S/C25H19F3N2O3S2/c26-25(27,28)22-13-29-12-17-2-1-15(9-20(17)22)10-23(31)21-11-19(21)16-3-5-18(6-4-16)35(32,33)14-24-30-7-8-34-24/h1-9,12-13,19,21H,10-11,14H2/t19-,21+/m0/s1. The van der Waals surface area contributed by atoms with E-state index in [1.165, 1.54) is 23.6 Å². The maximum Gasteiger partial charge on any atom is 0.418 e. The lowest BCUT2D eigenvalue weighted by atomic mass is 9.99. The van der Waals surface area contributed by atoms with E-state index in [2.05, 4.69) is 9.97 Å². The van der Waals surface area contributed by atoms with E-state index in [1.807, 2.05) is 0 Å². The van der Waals surface area contributed by atoms with Gasteiger partial charge in [-0.05, 0) is 47.1 Å². The summed E-state index contributed by atoms with van der Waals surface area (Å²) >= 11 is 1.28. The Morgan fingerprint density at radius 3 is 2.54 bits per heavy atom. The molecule has 0 N–H and O–H groups in total. The van der Waals surface area contributed by atoms with Crippen LogP contribution >= 0.6 is 11.3 Å². The van der Waals surface area contributed by atoms with E-state index in [4.69, 9.17) is 0 Å². The van der Waals surface area contributed by atoms with Crippen LogP contribution in [0.4, 0.5) is 13.2 Å². The summed E-state index contributed by atoms with van der Waals surface area (Å²) in [4.78, 5) is 20.7. The van der Waals surface area contributed by atoms with Gasteiger partial charge in [0.1, 0.15) is 16.5 Å². The fraction of sp³-hybridized carbons (Fsp3) is 0.240. The van der Waals surface area contributed by atoms with Gasteiger partial charge in [0.15, 0.2) is 9.84 Å². The molecule has 2 aromatic heterocycles. The van der Waals surface area contributed by atoms with E-state index in [9.17, 15) is 26.4 Å². The number of aromatic nitrogens is 2. The van der Waals surface area contributed by atoms with Gasteiger partial charge in [0, 0.05) is 41.7 Å². The highest BCUT2D eigenvalue weighted by atomic mass is 32.2. The number of hydrogen-bond donors (Lipinski definition) is 0. The van der Waals surface area contributed by atoms with Crippen LogP contribution in [0, 0.1) is 5.92 Å². The molecule has 1 saturated carbocycles. The predicted molar refractivity (Wildman–Crippen MR) is 126 cm³/mol. The minimum absolute atomic E-state index is 0.0198. The van der Waals surface area contributed by atoms with Gasteiger partial charge >= 0.3 is 6.18 Å². The van der Waals surface area contributed by atoms with Gasteiger partial charge in [-0.25, -0.2) is 13.4 Å². The number of carbonyl (C=O) groups excluding carboxylic acids is 1. The normalized spacial score (nSPS) is 18.0. The van der Waals surface area contributed by atoms with Gasteiger partial charge in [-0.3, -0.25) is 9.78 Å². The number of fused-ring (bicyclic) bond motifs is 1. The number of halogens is 3. The number of rotatable bonds is 7. The molecule has 5 nitrogen and oxygen atoms in total. The predicted octanol–water partition coefficient (Wildman–Crippen LogP) is 5.60. The number of benzene rings is 2. The van der Waals surface area contributed by atoms with Crippen molar-refractivity contribution in [3.05, 3.63) is 88.1 Å². The first-order valence-electron chi connectivity index (χ1n) is 10.8. The first kappa shape index (κ1) is 23.6. The summed E-state index contributed by atoms with van der Waals surface area (Å²) in [6.07, 6.45) is -0.129. The van der Waals surface area contributed by atoms with Crippen molar-refractivity contribution in [1.29, 1.82) is 0 Å². The third kappa shape index (κ3) is 4.99. The minimum atomic E-state index is -4.53. The zero-order valence-electron chi connectivity index (χ0n) is 18.2. The summed E-state index contributed by atoms with van der Waals surface area (Å²) in [5.41, 5.74) is 0.576. The summed E-state index contributed by atoms with van der Waals surface area (Å²) in [6, 6.07) is 11.2. The third-order valence-electron chi connectivity index (χ3n) is 6.18. The van der Waals surface area contributed by atoms with Gasteiger partial charge < -0.3 is 0 Å². The topological polar surface area (TPSA) is 77.0 Å². The van der Waals surface area contributed by atoms with Crippen molar-refractivity contribution in [2.75, 3.05) is 0 Å². The van der Waals surface area contributed by atoms with Gasteiger partial charge in [-0.2, -0.15) is 13.2 Å². The van der Waals surface area contributed by atoms with Crippen LogP contribution in [-0.4, -0.2) is 24.2 Å².